The van der Waals surface area contributed by atoms with Gasteiger partial charge >= 0.3 is 0 Å². The van der Waals surface area contributed by atoms with Crippen LogP contribution in [0.15, 0.2) is 53.4 Å². The van der Waals surface area contributed by atoms with Gasteiger partial charge in [-0.15, -0.1) is 12.4 Å². The molecule has 0 radical (unpaired) electrons. The summed E-state index contributed by atoms with van der Waals surface area (Å²) in [6.07, 6.45) is 0. The Balaban J connectivity index is 0.00000392. The lowest BCUT2D eigenvalue weighted by atomic mass is 10.1. The van der Waals surface area contributed by atoms with Crippen molar-refractivity contribution in [2.24, 2.45) is 0 Å². The van der Waals surface area contributed by atoms with E-state index in [2.05, 4.69) is 15.4 Å². The van der Waals surface area contributed by atoms with E-state index in [1.165, 1.54) is 24.3 Å². The predicted octanol–water partition coefficient (Wildman–Crippen LogP) is 3.55. The van der Waals surface area contributed by atoms with Crippen LogP contribution in [0.5, 0.6) is 0 Å². The normalized spacial score (nSPS) is 11.6. The number of rotatable bonds is 7. The second-order valence-electron chi connectivity index (χ2n) is 7.27. The summed E-state index contributed by atoms with van der Waals surface area (Å²) in [7, 11) is -3.63. The Labute approximate surface area is 173 Å². The lowest BCUT2D eigenvalue weighted by Crippen LogP contribution is -2.40. The minimum Gasteiger partial charge on any atom is -0.322 e. The van der Waals surface area contributed by atoms with E-state index >= 15 is 0 Å². The highest BCUT2D eigenvalue weighted by Crippen LogP contribution is 2.18. The molecular weight excluding hydrogens is 398 g/mol. The molecule has 0 saturated heterocycles. The molecule has 154 valence electrons. The number of anilines is 1. The Bertz CT molecular complexity index is 892. The molecule has 0 aliphatic carbocycles. The fraction of sp³-hybridized carbons (Fsp3) is 0.350. The molecule has 0 fully saturated rings. The molecule has 0 heterocycles. The lowest BCUT2D eigenvalue weighted by Gasteiger charge is -2.20. The van der Waals surface area contributed by atoms with Crippen LogP contribution in [0.4, 0.5) is 5.69 Å². The average Bonchev–Trinajstić information content (AvgIpc) is 2.59. The number of carbonyl (C=O) groups is 1. The van der Waals surface area contributed by atoms with Crippen LogP contribution in [-0.2, 0) is 16.6 Å². The smallest absolute Gasteiger partial charge is 0.255 e. The first-order valence-corrected chi connectivity index (χ1v) is 10.3. The molecule has 0 atom stereocenters. The van der Waals surface area contributed by atoms with Crippen LogP contribution in [0.3, 0.4) is 0 Å². The van der Waals surface area contributed by atoms with Crippen molar-refractivity contribution in [3.05, 3.63) is 59.7 Å². The molecule has 0 saturated carbocycles. The molecule has 0 bridgehead atoms. The quantitative estimate of drug-likeness (QED) is 0.633. The van der Waals surface area contributed by atoms with Gasteiger partial charge in [0.25, 0.3) is 5.91 Å². The van der Waals surface area contributed by atoms with E-state index in [9.17, 15) is 13.2 Å². The summed E-state index contributed by atoms with van der Waals surface area (Å²) in [5.74, 6) is -0.285. The zero-order chi connectivity index (χ0) is 20.1. The number of amides is 1. The molecule has 0 aliphatic heterocycles. The highest BCUT2D eigenvalue weighted by Gasteiger charge is 2.22. The first-order valence-electron chi connectivity index (χ1n) is 8.86. The van der Waals surface area contributed by atoms with Crippen molar-refractivity contribution in [1.82, 2.24) is 10.0 Å². The van der Waals surface area contributed by atoms with Crippen molar-refractivity contribution in [2.45, 2.75) is 44.7 Å². The van der Waals surface area contributed by atoms with Gasteiger partial charge in [-0.2, -0.15) is 0 Å². The fourth-order valence-electron chi connectivity index (χ4n) is 2.50. The fourth-order valence-corrected chi connectivity index (χ4v) is 3.92. The van der Waals surface area contributed by atoms with Gasteiger partial charge < -0.3 is 10.6 Å². The average molecular weight is 426 g/mol. The number of nitrogens with one attached hydrogen (secondary N) is 3. The lowest BCUT2D eigenvalue weighted by molar-refractivity contribution is 0.102. The second-order valence-corrected chi connectivity index (χ2v) is 8.95. The summed E-state index contributed by atoms with van der Waals surface area (Å²) in [5, 5.41) is 6.12. The first-order chi connectivity index (χ1) is 12.6. The first kappa shape index (κ1) is 24.1. The Hall–Kier alpha value is -1.93. The van der Waals surface area contributed by atoms with E-state index in [1.54, 1.807) is 20.8 Å². The van der Waals surface area contributed by atoms with Gasteiger partial charge in [-0.25, -0.2) is 13.1 Å². The summed E-state index contributed by atoms with van der Waals surface area (Å²) in [5.41, 5.74) is 1.53. The van der Waals surface area contributed by atoms with E-state index in [0.717, 1.165) is 17.8 Å². The maximum atomic E-state index is 12.5. The molecule has 2 aromatic carbocycles. The molecule has 2 rings (SSSR count). The maximum Gasteiger partial charge on any atom is 0.255 e. The van der Waals surface area contributed by atoms with E-state index < -0.39 is 15.6 Å². The minimum atomic E-state index is -3.63. The van der Waals surface area contributed by atoms with E-state index in [0.29, 0.717) is 12.1 Å². The van der Waals surface area contributed by atoms with Crippen molar-refractivity contribution in [3.8, 4) is 0 Å². The van der Waals surface area contributed by atoms with Gasteiger partial charge in [0.1, 0.15) is 0 Å². The van der Waals surface area contributed by atoms with Crippen molar-refractivity contribution in [2.75, 3.05) is 11.9 Å². The van der Waals surface area contributed by atoms with Crippen molar-refractivity contribution in [3.63, 3.8) is 0 Å². The number of hydrogen-bond donors (Lipinski definition) is 3. The van der Waals surface area contributed by atoms with Crippen LogP contribution in [0, 0.1) is 0 Å². The third-order valence-electron chi connectivity index (χ3n) is 3.70. The SMILES string of the molecule is CCNCc1ccccc1NC(=O)c1ccc(S(=O)(=O)NC(C)(C)C)cc1.Cl. The van der Waals surface area contributed by atoms with Gasteiger partial charge in [-0.05, 0) is 63.2 Å². The molecule has 1 amide bonds. The minimum absolute atomic E-state index is 0. The summed E-state index contributed by atoms with van der Waals surface area (Å²) >= 11 is 0. The zero-order valence-electron chi connectivity index (χ0n) is 16.6. The van der Waals surface area contributed by atoms with Crippen molar-refractivity contribution >= 4 is 34.0 Å². The molecule has 0 spiro atoms. The van der Waals surface area contributed by atoms with Crippen LogP contribution in [0.1, 0.15) is 43.6 Å². The predicted molar refractivity (Wildman–Crippen MR) is 116 cm³/mol. The Kier molecular flexibility index (Phi) is 8.63. The Morgan fingerprint density at radius 2 is 1.61 bits per heavy atom. The van der Waals surface area contributed by atoms with Gasteiger partial charge in [0.15, 0.2) is 0 Å². The number of carbonyl (C=O) groups excluding carboxylic acids is 1. The zero-order valence-corrected chi connectivity index (χ0v) is 18.2. The molecule has 6 nitrogen and oxygen atoms in total. The van der Waals surface area contributed by atoms with Crippen LogP contribution >= 0.6 is 12.4 Å². The molecule has 0 aromatic heterocycles. The molecule has 8 heteroatoms. The van der Waals surface area contributed by atoms with Gasteiger partial charge in [0, 0.05) is 23.3 Å². The highest BCUT2D eigenvalue weighted by molar-refractivity contribution is 7.89. The van der Waals surface area contributed by atoms with Crippen LogP contribution in [0.2, 0.25) is 0 Å². The van der Waals surface area contributed by atoms with E-state index in [-0.39, 0.29) is 23.2 Å². The van der Waals surface area contributed by atoms with Gasteiger partial charge in [0.2, 0.25) is 10.0 Å². The number of hydrogen-bond acceptors (Lipinski definition) is 4. The van der Waals surface area contributed by atoms with Gasteiger partial charge in [-0.3, -0.25) is 4.79 Å². The summed E-state index contributed by atoms with van der Waals surface area (Å²) in [4.78, 5) is 12.7. The summed E-state index contributed by atoms with van der Waals surface area (Å²) in [6.45, 7) is 8.83. The second kappa shape index (κ2) is 10.0. The number of halogens is 1. The topological polar surface area (TPSA) is 87.3 Å². The van der Waals surface area contributed by atoms with Crippen molar-refractivity contribution < 1.29 is 13.2 Å². The van der Waals surface area contributed by atoms with Gasteiger partial charge in [-0.1, -0.05) is 25.1 Å². The largest absolute Gasteiger partial charge is 0.322 e. The third-order valence-corrected chi connectivity index (χ3v) is 5.47. The molecular formula is C20H28ClN3O3S. The molecule has 0 unspecified atom stereocenters. The molecule has 28 heavy (non-hydrogen) atoms. The standard InChI is InChI=1S/C20H27N3O3S.ClH/c1-5-21-14-16-8-6-7-9-18(16)22-19(24)15-10-12-17(13-11-15)27(25,26)23-20(2,3)4;/h6-13,21,23H,5,14H2,1-4H3,(H,22,24);1H. The monoisotopic (exact) mass is 425 g/mol. The Morgan fingerprint density at radius 3 is 2.18 bits per heavy atom. The maximum absolute atomic E-state index is 12.5. The summed E-state index contributed by atoms with van der Waals surface area (Å²) < 4.78 is 27.3. The van der Waals surface area contributed by atoms with Crippen LogP contribution < -0.4 is 15.4 Å². The Morgan fingerprint density at radius 1 is 1.00 bits per heavy atom. The number of para-hydroxylation sites is 1. The van der Waals surface area contributed by atoms with Crippen LogP contribution in [0.25, 0.3) is 0 Å². The molecule has 0 aliphatic rings. The third kappa shape index (κ3) is 6.91. The number of benzene rings is 2. The highest BCUT2D eigenvalue weighted by atomic mass is 35.5. The van der Waals surface area contributed by atoms with Crippen LogP contribution in [-0.4, -0.2) is 26.4 Å². The summed E-state index contributed by atoms with van der Waals surface area (Å²) in [6, 6.07) is 13.5. The van der Waals surface area contributed by atoms with E-state index in [4.69, 9.17) is 0 Å². The number of sulfonamides is 1. The van der Waals surface area contributed by atoms with E-state index in [1.807, 2.05) is 31.2 Å². The molecule has 3 N–H and O–H groups in total. The van der Waals surface area contributed by atoms with Gasteiger partial charge in [0.05, 0.1) is 4.90 Å². The molecule has 2 aromatic rings. The van der Waals surface area contributed by atoms with Crippen molar-refractivity contribution in [1.29, 1.82) is 0 Å².